The summed E-state index contributed by atoms with van der Waals surface area (Å²) in [6.07, 6.45) is 0.520. The number of fused-ring (bicyclic) bond motifs is 1. The molecule has 3 rings (SSSR count). The zero-order valence-corrected chi connectivity index (χ0v) is 15.7. The predicted octanol–water partition coefficient (Wildman–Crippen LogP) is 3.45. The number of sulfonamides is 1. The van der Waals surface area contributed by atoms with E-state index in [1.807, 2.05) is 32.0 Å². The van der Waals surface area contributed by atoms with Crippen LogP contribution in [0.2, 0.25) is 0 Å². The second-order valence-electron chi connectivity index (χ2n) is 6.17. The van der Waals surface area contributed by atoms with Crippen molar-refractivity contribution in [1.29, 1.82) is 0 Å². The lowest BCUT2D eigenvalue weighted by molar-refractivity contribution is 0.400. The number of aromatic nitrogens is 1. The Morgan fingerprint density at radius 2 is 1.96 bits per heavy atom. The van der Waals surface area contributed by atoms with Crippen molar-refractivity contribution in [2.75, 3.05) is 13.7 Å². The highest BCUT2D eigenvalue weighted by Crippen LogP contribution is 2.26. The third kappa shape index (κ3) is 3.45. The number of methoxy groups -OCH3 is 1. The van der Waals surface area contributed by atoms with Crippen LogP contribution in [-0.2, 0) is 16.4 Å². The summed E-state index contributed by atoms with van der Waals surface area (Å²) in [5, 5.41) is 1.09. The van der Waals surface area contributed by atoms with Gasteiger partial charge in [0, 0.05) is 23.1 Å². The fourth-order valence-electron chi connectivity index (χ4n) is 3.12. The molecule has 1 aromatic heterocycles. The molecule has 3 aromatic rings. The monoisotopic (exact) mass is 376 g/mol. The van der Waals surface area contributed by atoms with E-state index in [1.54, 1.807) is 0 Å². The smallest absolute Gasteiger partial charge is 0.244 e. The molecule has 0 aliphatic rings. The van der Waals surface area contributed by atoms with Crippen LogP contribution in [0.15, 0.2) is 41.3 Å². The second-order valence-corrected chi connectivity index (χ2v) is 7.90. The van der Waals surface area contributed by atoms with Crippen LogP contribution in [0.4, 0.5) is 4.39 Å². The molecule has 0 saturated carbocycles. The first-order chi connectivity index (χ1) is 12.3. The number of nitrogens with one attached hydrogen (secondary N) is 2. The van der Waals surface area contributed by atoms with E-state index in [1.165, 1.54) is 13.2 Å². The van der Waals surface area contributed by atoms with Gasteiger partial charge < -0.3 is 9.72 Å². The first-order valence-electron chi connectivity index (χ1n) is 8.23. The third-order valence-electron chi connectivity index (χ3n) is 4.45. The van der Waals surface area contributed by atoms with Crippen molar-refractivity contribution in [3.63, 3.8) is 0 Å². The first-order valence-corrected chi connectivity index (χ1v) is 9.72. The van der Waals surface area contributed by atoms with Gasteiger partial charge in [0.2, 0.25) is 10.0 Å². The van der Waals surface area contributed by atoms with Crippen molar-refractivity contribution in [1.82, 2.24) is 9.71 Å². The van der Waals surface area contributed by atoms with Crippen LogP contribution >= 0.6 is 0 Å². The van der Waals surface area contributed by atoms with Crippen molar-refractivity contribution < 1.29 is 17.5 Å². The topological polar surface area (TPSA) is 71.2 Å². The van der Waals surface area contributed by atoms with Crippen LogP contribution in [0.1, 0.15) is 16.8 Å². The summed E-state index contributed by atoms with van der Waals surface area (Å²) in [4.78, 5) is 3.15. The molecule has 0 bridgehead atoms. The van der Waals surface area contributed by atoms with Gasteiger partial charge in [0.05, 0.1) is 7.11 Å². The number of para-hydroxylation sites is 1. The average Bonchev–Trinajstić information content (AvgIpc) is 2.92. The molecule has 0 aliphatic heterocycles. The number of hydrogen-bond donors (Lipinski definition) is 2. The minimum atomic E-state index is -3.88. The van der Waals surface area contributed by atoms with E-state index in [0.717, 1.165) is 39.9 Å². The Morgan fingerprint density at radius 3 is 2.69 bits per heavy atom. The highest BCUT2D eigenvalue weighted by molar-refractivity contribution is 7.89. The van der Waals surface area contributed by atoms with Crippen LogP contribution in [0.3, 0.4) is 0 Å². The fourth-order valence-corrected chi connectivity index (χ4v) is 4.33. The van der Waals surface area contributed by atoms with Crippen molar-refractivity contribution in [3.05, 3.63) is 59.0 Å². The van der Waals surface area contributed by atoms with Gasteiger partial charge in [-0.05, 0) is 49.6 Å². The molecule has 7 heteroatoms. The standard InChI is InChI=1S/C19H21FN2O3S/c1-12-5-4-6-16-15(13(2)22-19(12)16)9-10-21-26(23,24)18-11-14(20)7-8-17(18)25-3/h4-8,11,21-22H,9-10H2,1-3H3. The number of rotatable bonds is 6. The highest BCUT2D eigenvalue weighted by atomic mass is 32.2. The quantitative estimate of drug-likeness (QED) is 0.692. The molecule has 0 fully saturated rings. The van der Waals surface area contributed by atoms with Crippen molar-refractivity contribution >= 4 is 20.9 Å². The molecule has 0 aliphatic carbocycles. The van der Waals surface area contributed by atoms with E-state index in [9.17, 15) is 12.8 Å². The Labute approximate surface area is 152 Å². The van der Waals surface area contributed by atoms with Crippen molar-refractivity contribution in [3.8, 4) is 5.75 Å². The molecular weight excluding hydrogens is 355 g/mol. The van der Waals surface area contributed by atoms with Crippen LogP contribution in [0, 0.1) is 19.7 Å². The number of hydrogen-bond acceptors (Lipinski definition) is 3. The number of aromatic amines is 1. The average molecular weight is 376 g/mol. The maximum absolute atomic E-state index is 13.5. The molecule has 0 spiro atoms. The van der Waals surface area contributed by atoms with Gasteiger partial charge in [-0.15, -0.1) is 0 Å². The summed E-state index contributed by atoms with van der Waals surface area (Å²) in [5.74, 6) is -0.521. The van der Waals surface area contributed by atoms with E-state index in [0.29, 0.717) is 6.42 Å². The number of halogens is 1. The Kier molecular flexibility index (Phi) is 5.02. The van der Waals surface area contributed by atoms with Gasteiger partial charge in [-0.2, -0.15) is 0 Å². The molecule has 138 valence electrons. The van der Waals surface area contributed by atoms with Gasteiger partial charge in [-0.25, -0.2) is 17.5 Å². The van der Waals surface area contributed by atoms with Crippen molar-refractivity contribution in [2.45, 2.75) is 25.2 Å². The molecule has 0 atom stereocenters. The maximum atomic E-state index is 13.5. The minimum absolute atomic E-state index is 0.109. The van der Waals surface area contributed by atoms with Crippen LogP contribution in [-0.4, -0.2) is 27.1 Å². The second kappa shape index (κ2) is 7.09. The maximum Gasteiger partial charge on any atom is 0.244 e. The summed E-state index contributed by atoms with van der Waals surface area (Å²) in [6.45, 7) is 4.20. The molecule has 0 radical (unpaired) electrons. The van der Waals surface area contributed by atoms with E-state index in [-0.39, 0.29) is 17.2 Å². The van der Waals surface area contributed by atoms with E-state index < -0.39 is 15.8 Å². The number of aryl methyl sites for hydroxylation is 2. The Hall–Kier alpha value is -2.38. The van der Waals surface area contributed by atoms with Crippen LogP contribution in [0.25, 0.3) is 10.9 Å². The van der Waals surface area contributed by atoms with Gasteiger partial charge in [0.15, 0.2) is 0 Å². The van der Waals surface area contributed by atoms with Crippen LogP contribution < -0.4 is 9.46 Å². The zero-order valence-electron chi connectivity index (χ0n) is 14.9. The molecule has 0 unspecified atom stereocenters. The molecule has 0 amide bonds. The lowest BCUT2D eigenvalue weighted by Crippen LogP contribution is -2.26. The molecule has 1 heterocycles. The lowest BCUT2D eigenvalue weighted by atomic mass is 10.1. The Morgan fingerprint density at radius 1 is 1.19 bits per heavy atom. The Bertz CT molecular complexity index is 1060. The molecule has 0 saturated heterocycles. The van der Waals surface area contributed by atoms with Gasteiger partial charge in [-0.1, -0.05) is 18.2 Å². The SMILES string of the molecule is COc1ccc(F)cc1S(=O)(=O)NCCc1c(C)[nH]c2c(C)cccc12. The van der Waals surface area contributed by atoms with E-state index in [4.69, 9.17) is 4.74 Å². The third-order valence-corrected chi connectivity index (χ3v) is 5.93. The normalized spacial score (nSPS) is 11.8. The summed E-state index contributed by atoms with van der Waals surface area (Å²) < 4.78 is 46.1. The van der Waals surface area contributed by atoms with Gasteiger partial charge in [0.1, 0.15) is 16.5 Å². The summed E-state index contributed by atoms with van der Waals surface area (Å²) in [5.41, 5.74) is 4.28. The number of benzene rings is 2. The molecule has 2 N–H and O–H groups in total. The largest absolute Gasteiger partial charge is 0.495 e. The summed E-state index contributed by atoms with van der Waals surface area (Å²) >= 11 is 0. The van der Waals surface area contributed by atoms with Crippen LogP contribution in [0.5, 0.6) is 5.75 Å². The fraction of sp³-hybridized carbons (Fsp3) is 0.263. The number of ether oxygens (including phenoxy) is 1. The summed E-state index contributed by atoms with van der Waals surface area (Å²) in [6, 6.07) is 9.45. The highest BCUT2D eigenvalue weighted by Gasteiger charge is 2.20. The van der Waals surface area contributed by atoms with E-state index >= 15 is 0 Å². The zero-order chi connectivity index (χ0) is 18.9. The van der Waals surface area contributed by atoms with Crippen molar-refractivity contribution in [2.24, 2.45) is 0 Å². The number of H-pyrrole nitrogens is 1. The molecule has 26 heavy (non-hydrogen) atoms. The van der Waals surface area contributed by atoms with Gasteiger partial charge >= 0.3 is 0 Å². The van der Waals surface area contributed by atoms with E-state index in [2.05, 4.69) is 9.71 Å². The predicted molar refractivity (Wildman–Crippen MR) is 99.6 cm³/mol. The molecule has 2 aromatic carbocycles. The lowest BCUT2D eigenvalue weighted by Gasteiger charge is -2.11. The molecule has 5 nitrogen and oxygen atoms in total. The Balaban J connectivity index is 1.81. The minimum Gasteiger partial charge on any atom is -0.495 e. The first kappa shape index (κ1) is 18.4. The van der Waals surface area contributed by atoms with Gasteiger partial charge in [-0.3, -0.25) is 0 Å². The molecular formula is C19H21FN2O3S. The summed E-state index contributed by atoms with van der Waals surface area (Å²) in [7, 11) is -2.53. The van der Waals surface area contributed by atoms with Gasteiger partial charge in [0.25, 0.3) is 0 Å².